The van der Waals surface area contributed by atoms with Gasteiger partial charge < -0.3 is 15.4 Å². The Morgan fingerprint density at radius 1 is 1.33 bits per heavy atom. The van der Waals surface area contributed by atoms with Gasteiger partial charge in [0.1, 0.15) is 0 Å². The molecule has 1 N–H and O–H groups in total. The van der Waals surface area contributed by atoms with Crippen molar-refractivity contribution in [3.63, 3.8) is 0 Å². The van der Waals surface area contributed by atoms with Gasteiger partial charge in [0.25, 0.3) is 0 Å². The van der Waals surface area contributed by atoms with Crippen LogP contribution in [0.25, 0.3) is 0 Å². The largest absolute Gasteiger partial charge is 0.757 e. The molecule has 0 spiro atoms. The maximum absolute atomic E-state index is 12.0. The summed E-state index contributed by atoms with van der Waals surface area (Å²) in [7, 11) is 0. The summed E-state index contributed by atoms with van der Waals surface area (Å²) in [4.78, 5) is 2.04. The molecule has 0 bridgehead atoms. The van der Waals surface area contributed by atoms with E-state index in [0.29, 0.717) is 12.1 Å². The molecule has 2 aliphatic heterocycles. The summed E-state index contributed by atoms with van der Waals surface area (Å²) in [5.74, 6) is 0. The molecule has 2 unspecified atom stereocenters. The smallest absolute Gasteiger partial charge is 0.0987 e. The molecule has 0 aliphatic carbocycles. The third-order valence-corrected chi connectivity index (χ3v) is 3.27. The quantitative estimate of drug-likeness (QED) is 0.683. The van der Waals surface area contributed by atoms with Crippen molar-refractivity contribution in [2.45, 2.75) is 25.2 Å². The van der Waals surface area contributed by atoms with Crippen LogP contribution in [0, 0.1) is 5.21 Å². The number of aliphatic hydroxyl groups is 1. The van der Waals surface area contributed by atoms with E-state index in [9.17, 15) is 10.3 Å². The van der Waals surface area contributed by atoms with Crippen LogP contribution in [-0.4, -0.2) is 28.8 Å². The monoisotopic (exact) mass is 205 g/mol. The number of para-hydroxylation sites is 1. The van der Waals surface area contributed by atoms with Crippen LogP contribution in [-0.2, 0) is 6.54 Å². The molecule has 0 amide bonds. The lowest BCUT2D eigenvalue weighted by atomic mass is 10.1. The standard InChI is InChI=1S/C11H13N2O2/c14-10-5-6-12-7-8-3-1-2-4-9(8)13(15)11(10)12/h1-4,10-11,14H,5-7H2/q-1. The van der Waals surface area contributed by atoms with Gasteiger partial charge in [-0.1, -0.05) is 18.2 Å². The Balaban J connectivity index is 2.03. The van der Waals surface area contributed by atoms with Crippen LogP contribution >= 0.6 is 0 Å². The van der Waals surface area contributed by atoms with Crippen LogP contribution in [0.3, 0.4) is 0 Å². The molecule has 2 atom stereocenters. The average Bonchev–Trinajstić information content (AvgIpc) is 2.61. The Bertz CT molecular complexity index is 383. The molecule has 80 valence electrons. The van der Waals surface area contributed by atoms with E-state index in [1.54, 1.807) is 0 Å². The van der Waals surface area contributed by atoms with Gasteiger partial charge in [-0.2, -0.15) is 0 Å². The van der Waals surface area contributed by atoms with E-state index in [1.165, 1.54) is 0 Å². The van der Waals surface area contributed by atoms with Crippen LogP contribution in [0.2, 0.25) is 0 Å². The van der Waals surface area contributed by atoms with Crippen molar-refractivity contribution in [1.29, 1.82) is 0 Å². The summed E-state index contributed by atoms with van der Waals surface area (Å²) in [5, 5.41) is 22.7. The van der Waals surface area contributed by atoms with Crippen molar-refractivity contribution in [2.75, 3.05) is 11.6 Å². The number of hydroxylamine groups is 1. The summed E-state index contributed by atoms with van der Waals surface area (Å²) in [6.07, 6.45) is -0.201. The van der Waals surface area contributed by atoms with E-state index in [4.69, 9.17) is 0 Å². The maximum atomic E-state index is 12.0. The van der Waals surface area contributed by atoms with Gasteiger partial charge in [0, 0.05) is 18.8 Å². The van der Waals surface area contributed by atoms with Crippen molar-refractivity contribution in [3.05, 3.63) is 35.0 Å². The molecule has 2 aliphatic rings. The second-order valence-electron chi connectivity index (χ2n) is 4.19. The molecular formula is C11H13N2O2-. The second kappa shape index (κ2) is 3.20. The zero-order valence-corrected chi connectivity index (χ0v) is 8.34. The minimum absolute atomic E-state index is 0.375. The zero-order valence-electron chi connectivity index (χ0n) is 8.34. The van der Waals surface area contributed by atoms with Crippen molar-refractivity contribution in [2.24, 2.45) is 0 Å². The van der Waals surface area contributed by atoms with Crippen LogP contribution < -0.4 is 5.06 Å². The Hall–Kier alpha value is -1.10. The van der Waals surface area contributed by atoms with E-state index in [1.807, 2.05) is 29.2 Å². The third-order valence-electron chi connectivity index (χ3n) is 3.27. The molecule has 3 rings (SSSR count). The molecule has 0 saturated carbocycles. The molecule has 1 aromatic carbocycles. The Morgan fingerprint density at radius 3 is 3.00 bits per heavy atom. The number of hydrogen-bond acceptors (Lipinski definition) is 4. The normalized spacial score (nSPS) is 30.1. The highest BCUT2D eigenvalue weighted by Crippen LogP contribution is 2.34. The Morgan fingerprint density at radius 2 is 2.13 bits per heavy atom. The molecule has 15 heavy (non-hydrogen) atoms. The van der Waals surface area contributed by atoms with Gasteiger partial charge in [-0.3, -0.25) is 4.90 Å². The highest BCUT2D eigenvalue weighted by atomic mass is 16.5. The topological polar surface area (TPSA) is 49.8 Å². The Kier molecular flexibility index (Phi) is 1.95. The molecule has 0 aromatic heterocycles. The molecule has 4 nitrogen and oxygen atoms in total. The molecule has 1 fully saturated rings. The van der Waals surface area contributed by atoms with Crippen molar-refractivity contribution < 1.29 is 5.11 Å². The lowest BCUT2D eigenvalue weighted by Crippen LogP contribution is -2.50. The predicted octanol–water partition coefficient (Wildman–Crippen LogP) is 0.897. The van der Waals surface area contributed by atoms with E-state index in [2.05, 4.69) is 0 Å². The fraction of sp³-hybridized carbons (Fsp3) is 0.455. The summed E-state index contributed by atoms with van der Waals surface area (Å²) >= 11 is 0. The van der Waals surface area contributed by atoms with Crippen LogP contribution in [0.5, 0.6) is 0 Å². The molecule has 1 saturated heterocycles. The van der Waals surface area contributed by atoms with E-state index in [0.717, 1.165) is 23.7 Å². The summed E-state index contributed by atoms with van der Waals surface area (Å²) in [6, 6.07) is 7.60. The first-order chi connectivity index (χ1) is 7.27. The lowest BCUT2D eigenvalue weighted by molar-refractivity contribution is 0.110. The Labute approximate surface area is 88.3 Å². The van der Waals surface area contributed by atoms with Gasteiger partial charge in [-0.15, -0.1) is 0 Å². The van der Waals surface area contributed by atoms with E-state index < -0.39 is 6.10 Å². The number of aliphatic hydroxyl groups excluding tert-OH is 1. The van der Waals surface area contributed by atoms with Crippen molar-refractivity contribution in [1.82, 2.24) is 4.90 Å². The summed E-state index contributed by atoms with van der Waals surface area (Å²) < 4.78 is 0. The second-order valence-corrected chi connectivity index (χ2v) is 4.19. The fourth-order valence-electron chi connectivity index (χ4n) is 2.52. The van der Waals surface area contributed by atoms with Gasteiger partial charge in [-0.05, 0) is 18.1 Å². The molecule has 4 heteroatoms. The highest BCUT2D eigenvalue weighted by Gasteiger charge is 2.37. The SMILES string of the molecule is [O-]N1c2ccccc2CN2CCC(O)C21. The van der Waals surface area contributed by atoms with Crippen molar-refractivity contribution >= 4 is 5.69 Å². The zero-order chi connectivity index (χ0) is 10.4. The first-order valence-corrected chi connectivity index (χ1v) is 5.24. The van der Waals surface area contributed by atoms with Gasteiger partial charge in [0.2, 0.25) is 0 Å². The molecule has 0 radical (unpaired) electrons. The van der Waals surface area contributed by atoms with Gasteiger partial charge in [0.15, 0.2) is 0 Å². The lowest BCUT2D eigenvalue weighted by Gasteiger charge is -2.47. The van der Waals surface area contributed by atoms with E-state index >= 15 is 0 Å². The number of anilines is 1. The number of hydrogen-bond donors (Lipinski definition) is 1. The van der Waals surface area contributed by atoms with Crippen LogP contribution in [0.1, 0.15) is 12.0 Å². The van der Waals surface area contributed by atoms with Gasteiger partial charge in [-0.25, -0.2) is 0 Å². The maximum Gasteiger partial charge on any atom is 0.0987 e. The predicted molar refractivity (Wildman–Crippen MR) is 57.1 cm³/mol. The van der Waals surface area contributed by atoms with E-state index in [-0.39, 0.29) is 6.17 Å². The molecule has 2 heterocycles. The number of fused-ring (bicyclic) bond motifs is 2. The molecule has 1 aromatic rings. The minimum Gasteiger partial charge on any atom is -0.757 e. The number of rotatable bonds is 0. The van der Waals surface area contributed by atoms with Crippen LogP contribution in [0.4, 0.5) is 5.69 Å². The van der Waals surface area contributed by atoms with Crippen LogP contribution in [0.15, 0.2) is 24.3 Å². The van der Waals surface area contributed by atoms with Gasteiger partial charge >= 0.3 is 0 Å². The number of benzene rings is 1. The first kappa shape index (κ1) is 9.15. The molecular weight excluding hydrogens is 192 g/mol. The number of nitrogens with zero attached hydrogens (tertiary/aromatic N) is 2. The highest BCUT2D eigenvalue weighted by molar-refractivity contribution is 5.57. The fourth-order valence-corrected chi connectivity index (χ4v) is 2.52. The third kappa shape index (κ3) is 1.26. The first-order valence-electron chi connectivity index (χ1n) is 5.24. The van der Waals surface area contributed by atoms with Crippen molar-refractivity contribution in [3.8, 4) is 0 Å². The van der Waals surface area contributed by atoms with Gasteiger partial charge in [0.05, 0.1) is 12.3 Å². The summed E-state index contributed by atoms with van der Waals surface area (Å²) in [6.45, 7) is 1.58. The minimum atomic E-state index is -0.518. The summed E-state index contributed by atoms with van der Waals surface area (Å²) in [5.41, 5.74) is 1.76. The average molecular weight is 205 g/mol.